The summed E-state index contributed by atoms with van der Waals surface area (Å²) in [6.45, 7) is 4.56. The highest BCUT2D eigenvalue weighted by Crippen LogP contribution is 2.53. The summed E-state index contributed by atoms with van der Waals surface area (Å²) in [5.41, 5.74) is 7.46. The fourth-order valence-electron chi connectivity index (χ4n) is 4.68. The van der Waals surface area contributed by atoms with Gasteiger partial charge in [0.15, 0.2) is 11.6 Å². The molecule has 1 aliphatic carbocycles. The Balaban J connectivity index is 1.71. The maximum absolute atomic E-state index is 4.45. The largest absolute Gasteiger partial charge is 0.237 e. The fraction of sp³-hybridized carbons (Fsp3) is 0.200. The van der Waals surface area contributed by atoms with E-state index in [9.17, 15) is 0 Å². The van der Waals surface area contributed by atoms with Gasteiger partial charge in [-0.1, -0.05) is 38.1 Å². The van der Waals surface area contributed by atoms with Gasteiger partial charge in [0.1, 0.15) is 0 Å². The number of hydrogen-bond acceptors (Lipinski definition) is 4. The second-order valence-corrected chi connectivity index (χ2v) is 7.45. The third-order valence-corrected chi connectivity index (χ3v) is 6.22. The number of fused-ring (bicyclic) bond motifs is 3. The van der Waals surface area contributed by atoms with Gasteiger partial charge in [-0.3, -0.25) is 0 Å². The maximum atomic E-state index is 4.45. The van der Waals surface area contributed by atoms with Crippen LogP contribution in [0.4, 0.5) is 0 Å². The zero-order chi connectivity index (χ0) is 19.8. The average molecular weight is 378 g/mol. The first-order valence-electron chi connectivity index (χ1n) is 10.1. The highest BCUT2D eigenvalue weighted by molar-refractivity contribution is 5.85. The van der Waals surface area contributed by atoms with E-state index in [-0.39, 0.29) is 5.41 Å². The number of aromatic nitrogens is 4. The summed E-state index contributed by atoms with van der Waals surface area (Å²) in [6, 6.07) is 17.0. The van der Waals surface area contributed by atoms with Crippen molar-refractivity contribution in [1.82, 2.24) is 19.9 Å². The van der Waals surface area contributed by atoms with Crippen molar-refractivity contribution in [2.75, 3.05) is 0 Å². The van der Waals surface area contributed by atoms with Crippen LogP contribution in [0.3, 0.4) is 0 Å². The van der Waals surface area contributed by atoms with E-state index in [2.05, 4.69) is 70.2 Å². The Morgan fingerprint density at radius 1 is 0.621 bits per heavy atom. The van der Waals surface area contributed by atoms with Gasteiger partial charge in [0.25, 0.3) is 0 Å². The van der Waals surface area contributed by atoms with E-state index in [1.54, 1.807) is 24.8 Å². The first-order valence-corrected chi connectivity index (χ1v) is 10.1. The van der Waals surface area contributed by atoms with Crippen LogP contribution in [0, 0.1) is 0 Å². The standard InChI is InChI=1S/C25H22N4/c1-3-25(4-2)21-15-17(23-26-11-5-12-27-23)7-9-19(21)20-10-8-18(16-22(20)25)24-28-13-6-14-29-24/h5-16H,3-4H2,1-2H3. The molecule has 2 aromatic carbocycles. The highest BCUT2D eigenvalue weighted by Gasteiger charge is 2.41. The molecule has 0 atom stereocenters. The minimum atomic E-state index is -0.0275. The van der Waals surface area contributed by atoms with Crippen LogP contribution in [0.1, 0.15) is 37.8 Å². The smallest absolute Gasteiger partial charge is 0.159 e. The van der Waals surface area contributed by atoms with Crippen LogP contribution >= 0.6 is 0 Å². The van der Waals surface area contributed by atoms with E-state index in [1.165, 1.54) is 22.3 Å². The summed E-state index contributed by atoms with van der Waals surface area (Å²) in [6.07, 6.45) is 9.24. The predicted octanol–water partition coefficient (Wildman–Crippen LogP) is 5.69. The molecule has 0 fully saturated rings. The quantitative estimate of drug-likeness (QED) is 0.458. The second-order valence-electron chi connectivity index (χ2n) is 7.45. The maximum Gasteiger partial charge on any atom is 0.159 e. The molecule has 4 heteroatoms. The molecule has 1 aliphatic rings. The Bertz CT molecular complexity index is 1080. The minimum Gasteiger partial charge on any atom is -0.237 e. The summed E-state index contributed by atoms with van der Waals surface area (Å²) in [5.74, 6) is 1.54. The zero-order valence-electron chi connectivity index (χ0n) is 16.6. The van der Waals surface area contributed by atoms with Crippen LogP contribution in [0.2, 0.25) is 0 Å². The van der Waals surface area contributed by atoms with Gasteiger partial charge >= 0.3 is 0 Å². The van der Waals surface area contributed by atoms with Gasteiger partial charge in [-0.05, 0) is 59.4 Å². The van der Waals surface area contributed by atoms with Crippen molar-refractivity contribution in [2.45, 2.75) is 32.1 Å². The molecule has 0 saturated carbocycles. The first-order chi connectivity index (χ1) is 14.3. The van der Waals surface area contributed by atoms with Gasteiger partial charge in [0, 0.05) is 41.3 Å². The summed E-state index contributed by atoms with van der Waals surface area (Å²) in [7, 11) is 0. The van der Waals surface area contributed by atoms with E-state index in [1.807, 2.05) is 12.1 Å². The lowest BCUT2D eigenvalue weighted by molar-refractivity contribution is 0.490. The molecule has 0 amide bonds. The lowest BCUT2D eigenvalue weighted by Gasteiger charge is -2.30. The Morgan fingerprint density at radius 3 is 1.41 bits per heavy atom. The number of benzene rings is 2. The first kappa shape index (κ1) is 17.7. The van der Waals surface area contributed by atoms with Crippen molar-refractivity contribution in [3.8, 4) is 33.9 Å². The predicted molar refractivity (Wildman–Crippen MR) is 115 cm³/mol. The van der Waals surface area contributed by atoms with Gasteiger partial charge in [-0.25, -0.2) is 19.9 Å². The summed E-state index contributed by atoms with van der Waals surface area (Å²) >= 11 is 0. The van der Waals surface area contributed by atoms with Crippen molar-refractivity contribution >= 4 is 0 Å². The van der Waals surface area contributed by atoms with Crippen LogP contribution in [0.5, 0.6) is 0 Å². The van der Waals surface area contributed by atoms with Crippen LogP contribution in [-0.2, 0) is 5.41 Å². The van der Waals surface area contributed by atoms with Gasteiger partial charge in [0.2, 0.25) is 0 Å². The molecule has 0 saturated heterocycles. The lowest BCUT2D eigenvalue weighted by atomic mass is 9.73. The average Bonchev–Trinajstić information content (AvgIpc) is 3.09. The summed E-state index contributed by atoms with van der Waals surface area (Å²) in [4.78, 5) is 17.8. The normalized spacial score (nSPS) is 13.7. The Labute approximate surface area is 170 Å². The van der Waals surface area contributed by atoms with Gasteiger partial charge < -0.3 is 0 Å². The molecule has 5 rings (SSSR count). The number of nitrogens with zero attached hydrogens (tertiary/aromatic N) is 4. The van der Waals surface area contributed by atoms with Crippen molar-refractivity contribution < 1.29 is 0 Å². The minimum absolute atomic E-state index is 0.0275. The molecular formula is C25H22N4. The molecule has 0 radical (unpaired) electrons. The molecule has 4 nitrogen and oxygen atoms in total. The molecule has 0 N–H and O–H groups in total. The Hall–Kier alpha value is -3.40. The van der Waals surface area contributed by atoms with Crippen molar-refractivity contribution in [2.24, 2.45) is 0 Å². The van der Waals surface area contributed by atoms with Crippen LogP contribution in [0.25, 0.3) is 33.9 Å². The van der Waals surface area contributed by atoms with E-state index >= 15 is 0 Å². The third kappa shape index (κ3) is 2.67. The summed E-state index contributed by atoms with van der Waals surface area (Å²) < 4.78 is 0. The molecule has 0 aliphatic heterocycles. The molecule has 142 valence electrons. The molecule has 29 heavy (non-hydrogen) atoms. The molecule has 2 aromatic heterocycles. The Morgan fingerprint density at radius 2 is 1.03 bits per heavy atom. The zero-order valence-corrected chi connectivity index (χ0v) is 16.6. The molecule has 0 unspecified atom stereocenters. The molecular weight excluding hydrogens is 356 g/mol. The van der Waals surface area contributed by atoms with E-state index in [0.717, 1.165) is 35.6 Å². The SMILES string of the molecule is CCC1(CC)c2cc(-c3ncccn3)ccc2-c2ccc(-c3ncccn3)cc21. The van der Waals surface area contributed by atoms with Crippen molar-refractivity contribution in [3.63, 3.8) is 0 Å². The van der Waals surface area contributed by atoms with E-state index in [4.69, 9.17) is 0 Å². The van der Waals surface area contributed by atoms with E-state index in [0.29, 0.717) is 0 Å². The van der Waals surface area contributed by atoms with Gasteiger partial charge in [-0.15, -0.1) is 0 Å². The number of hydrogen-bond donors (Lipinski definition) is 0. The second kappa shape index (κ2) is 6.89. The summed E-state index contributed by atoms with van der Waals surface area (Å²) in [5, 5.41) is 0. The highest BCUT2D eigenvalue weighted by atomic mass is 14.9. The Kier molecular flexibility index (Phi) is 4.20. The third-order valence-electron chi connectivity index (χ3n) is 6.22. The van der Waals surface area contributed by atoms with Crippen LogP contribution < -0.4 is 0 Å². The van der Waals surface area contributed by atoms with Crippen molar-refractivity contribution in [3.05, 3.63) is 84.4 Å². The molecule has 2 heterocycles. The molecule has 0 spiro atoms. The number of rotatable bonds is 4. The van der Waals surface area contributed by atoms with E-state index < -0.39 is 0 Å². The van der Waals surface area contributed by atoms with Crippen molar-refractivity contribution in [1.29, 1.82) is 0 Å². The van der Waals surface area contributed by atoms with Crippen LogP contribution in [-0.4, -0.2) is 19.9 Å². The lowest BCUT2D eigenvalue weighted by Crippen LogP contribution is -2.23. The molecule has 4 aromatic rings. The van der Waals surface area contributed by atoms with Crippen LogP contribution in [0.15, 0.2) is 73.3 Å². The molecule has 0 bridgehead atoms. The fourth-order valence-corrected chi connectivity index (χ4v) is 4.68. The monoisotopic (exact) mass is 378 g/mol. The van der Waals surface area contributed by atoms with Gasteiger partial charge in [-0.2, -0.15) is 0 Å². The topological polar surface area (TPSA) is 51.6 Å². The van der Waals surface area contributed by atoms with Gasteiger partial charge in [0.05, 0.1) is 0 Å².